The summed E-state index contributed by atoms with van der Waals surface area (Å²) in [4.78, 5) is 17.7. The predicted octanol–water partition coefficient (Wildman–Crippen LogP) is 0.437. The molecule has 0 spiro atoms. The van der Waals surface area contributed by atoms with Crippen LogP contribution in [0.15, 0.2) is 18.3 Å². The zero-order valence-electron chi connectivity index (χ0n) is 9.97. The first-order valence-electron chi connectivity index (χ1n) is 5.18. The number of nitrogens with zero attached hydrogens (tertiary/aromatic N) is 2. The molecule has 3 N–H and O–H groups in total. The van der Waals surface area contributed by atoms with E-state index in [2.05, 4.69) is 16.2 Å². The SMILES string of the molecule is C#CCC(N)C(=O)Nc1cccnc1N(C)C. The Morgan fingerprint density at radius 1 is 1.71 bits per heavy atom. The van der Waals surface area contributed by atoms with Gasteiger partial charge in [0.25, 0.3) is 0 Å². The molecular weight excluding hydrogens is 216 g/mol. The highest BCUT2D eigenvalue weighted by Crippen LogP contribution is 2.20. The summed E-state index contributed by atoms with van der Waals surface area (Å²) in [5, 5.41) is 2.71. The highest BCUT2D eigenvalue weighted by Gasteiger charge is 2.14. The number of nitrogens with two attached hydrogens (primary N) is 1. The summed E-state index contributed by atoms with van der Waals surface area (Å²) in [7, 11) is 3.69. The van der Waals surface area contributed by atoms with Crippen molar-refractivity contribution >= 4 is 17.4 Å². The van der Waals surface area contributed by atoms with Gasteiger partial charge in [-0.05, 0) is 12.1 Å². The Bertz CT molecular complexity index is 436. The van der Waals surface area contributed by atoms with Crippen LogP contribution in [-0.4, -0.2) is 31.0 Å². The van der Waals surface area contributed by atoms with Crippen LogP contribution in [0.1, 0.15) is 6.42 Å². The van der Waals surface area contributed by atoms with Gasteiger partial charge in [0.2, 0.25) is 5.91 Å². The van der Waals surface area contributed by atoms with Crippen molar-refractivity contribution in [3.05, 3.63) is 18.3 Å². The molecular formula is C12H16N4O. The van der Waals surface area contributed by atoms with E-state index >= 15 is 0 Å². The normalized spacial score (nSPS) is 11.4. The number of carbonyl (C=O) groups excluding carboxylic acids is 1. The van der Waals surface area contributed by atoms with E-state index < -0.39 is 6.04 Å². The Balaban J connectivity index is 2.82. The number of rotatable bonds is 4. The molecule has 17 heavy (non-hydrogen) atoms. The monoisotopic (exact) mass is 232 g/mol. The molecule has 0 aliphatic carbocycles. The average Bonchev–Trinajstić information content (AvgIpc) is 2.29. The highest BCUT2D eigenvalue weighted by molar-refractivity contribution is 5.97. The summed E-state index contributed by atoms with van der Waals surface area (Å²) >= 11 is 0. The lowest BCUT2D eigenvalue weighted by Crippen LogP contribution is -2.35. The third-order valence-electron chi connectivity index (χ3n) is 2.14. The van der Waals surface area contributed by atoms with Gasteiger partial charge in [0.05, 0.1) is 11.7 Å². The molecule has 0 saturated carbocycles. The molecule has 1 amide bonds. The van der Waals surface area contributed by atoms with Crippen LogP contribution in [0, 0.1) is 12.3 Å². The van der Waals surface area contributed by atoms with Crippen molar-refractivity contribution < 1.29 is 4.79 Å². The molecule has 0 aromatic carbocycles. The van der Waals surface area contributed by atoms with Crippen LogP contribution in [0.3, 0.4) is 0 Å². The smallest absolute Gasteiger partial charge is 0.242 e. The van der Waals surface area contributed by atoms with E-state index in [-0.39, 0.29) is 12.3 Å². The van der Waals surface area contributed by atoms with Gasteiger partial charge in [-0.3, -0.25) is 4.79 Å². The number of hydrogen-bond acceptors (Lipinski definition) is 4. The van der Waals surface area contributed by atoms with Gasteiger partial charge in [-0.15, -0.1) is 12.3 Å². The predicted molar refractivity (Wildman–Crippen MR) is 68.6 cm³/mol. The van der Waals surface area contributed by atoms with E-state index in [4.69, 9.17) is 12.2 Å². The lowest BCUT2D eigenvalue weighted by Gasteiger charge is -2.17. The molecule has 5 nitrogen and oxygen atoms in total. The number of anilines is 2. The van der Waals surface area contributed by atoms with Crippen LogP contribution in [0.5, 0.6) is 0 Å². The Hall–Kier alpha value is -2.06. The molecule has 1 heterocycles. The molecule has 1 atom stereocenters. The Morgan fingerprint density at radius 3 is 3.00 bits per heavy atom. The Kier molecular flexibility index (Phi) is 4.49. The lowest BCUT2D eigenvalue weighted by molar-refractivity contribution is -0.117. The third-order valence-corrected chi connectivity index (χ3v) is 2.14. The molecule has 0 saturated heterocycles. The van der Waals surface area contributed by atoms with E-state index in [9.17, 15) is 4.79 Å². The second-order valence-corrected chi connectivity index (χ2v) is 3.77. The van der Waals surface area contributed by atoms with Crippen LogP contribution in [-0.2, 0) is 4.79 Å². The first-order valence-corrected chi connectivity index (χ1v) is 5.18. The Labute approximate surface area is 101 Å². The third kappa shape index (κ3) is 3.47. The van der Waals surface area contributed by atoms with Gasteiger partial charge in [-0.2, -0.15) is 0 Å². The second kappa shape index (κ2) is 5.87. The second-order valence-electron chi connectivity index (χ2n) is 3.77. The minimum absolute atomic E-state index is 0.212. The van der Waals surface area contributed by atoms with Gasteiger partial charge in [0, 0.05) is 26.7 Å². The van der Waals surface area contributed by atoms with Crippen molar-refractivity contribution in [2.45, 2.75) is 12.5 Å². The number of nitrogens with one attached hydrogen (secondary N) is 1. The highest BCUT2D eigenvalue weighted by atomic mass is 16.2. The Morgan fingerprint density at radius 2 is 2.41 bits per heavy atom. The zero-order valence-corrected chi connectivity index (χ0v) is 9.97. The first kappa shape index (κ1) is 13.0. The summed E-state index contributed by atoms with van der Waals surface area (Å²) in [5.41, 5.74) is 6.23. The van der Waals surface area contributed by atoms with E-state index in [0.717, 1.165) is 0 Å². The van der Waals surface area contributed by atoms with Crippen LogP contribution >= 0.6 is 0 Å². The van der Waals surface area contributed by atoms with Crippen molar-refractivity contribution in [2.75, 3.05) is 24.3 Å². The minimum Gasteiger partial charge on any atom is -0.361 e. The van der Waals surface area contributed by atoms with Gasteiger partial charge in [0.15, 0.2) is 5.82 Å². The molecule has 0 aliphatic heterocycles. The van der Waals surface area contributed by atoms with Crippen molar-refractivity contribution in [2.24, 2.45) is 5.73 Å². The number of pyridine rings is 1. The summed E-state index contributed by atoms with van der Waals surface area (Å²) in [6, 6.07) is 2.81. The topological polar surface area (TPSA) is 71.2 Å². The number of terminal acetylenes is 1. The van der Waals surface area contributed by atoms with Crippen LogP contribution in [0.25, 0.3) is 0 Å². The number of amides is 1. The maximum absolute atomic E-state index is 11.7. The molecule has 90 valence electrons. The van der Waals surface area contributed by atoms with Crippen LogP contribution in [0.2, 0.25) is 0 Å². The zero-order chi connectivity index (χ0) is 12.8. The van der Waals surface area contributed by atoms with E-state index in [1.165, 1.54) is 0 Å². The van der Waals surface area contributed by atoms with Gasteiger partial charge in [0.1, 0.15) is 0 Å². The molecule has 0 radical (unpaired) electrons. The molecule has 0 aliphatic rings. The summed E-state index contributed by atoms with van der Waals surface area (Å²) in [6.07, 6.45) is 6.98. The largest absolute Gasteiger partial charge is 0.361 e. The summed E-state index contributed by atoms with van der Waals surface area (Å²) in [6.45, 7) is 0. The lowest BCUT2D eigenvalue weighted by atomic mass is 10.2. The standard InChI is InChI=1S/C12H16N4O/c1-4-6-9(13)12(17)15-10-7-5-8-14-11(10)16(2)3/h1,5,7-9H,6,13H2,2-3H3,(H,15,17). The van der Waals surface area contributed by atoms with Crippen molar-refractivity contribution in [1.29, 1.82) is 0 Å². The van der Waals surface area contributed by atoms with Gasteiger partial charge < -0.3 is 16.0 Å². The van der Waals surface area contributed by atoms with Crippen molar-refractivity contribution in [3.63, 3.8) is 0 Å². The minimum atomic E-state index is -0.699. The molecule has 0 bridgehead atoms. The number of aromatic nitrogens is 1. The molecule has 1 aromatic rings. The van der Waals surface area contributed by atoms with E-state index in [1.54, 1.807) is 18.3 Å². The molecule has 1 unspecified atom stereocenters. The fourth-order valence-corrected chi connectivity index (χ4v) is 1.30. The molecule has 1 rings (SSSR count). The van der Waals surface area contributed by atoms with Gasteiger partial charge in [-0.1, -0.05) is 0 Å². The van der Waals surface area contributed by atoms with Gasteiger partial charge >= 0.3 is 0 Å². The van der Waals surface area contributed by atoms with Crippen molar-refractivity contribution in [3.8, 4) is 12.3 Å². The first-order chi connectivity index (χ1) is 8.06. The number of hydrogen-bond donors (Lipinski definition) is 2. The van der Waals surface area contributed by atoms with E-state index in [0.29, 0.717) is 11.5 Å². The maximum atomic E-state index is 11.7. The summed E-state index contributed by atoms with van der Waals surface area (Å²) < 4.78 is 0. The van der Waals surface area contributed by atoms with Crippen molar-refractivity contribution in [1.82, 2.24) is 4.98 Å². The van der Waals surface area contributed by atoms with Crippen LogP contribution < -0.4 is 16.0 Å². The fraction of sp³-hybridized carbons (Fsp3) is 0.333. The van der Waals surface area contributed by atoms with Gasteiger partial charge in [-0.25, -0.2) is 4.98 Å². The molecule has 5 heteroatoms. The maximum Gasteiger partial charge on any atom is 0.242 e. The molecule has 0 fully saturated rings. The molecule has 1 aromatic heterocycles. The number of carbonyl (C=O) groups is 1. The average molecular weight is 232 g/mol. The quantitative estimate of drug-likeness (QED) is 0.739. The summed E-state index contributed by atoms with van der Waals surface area (Å²) in [5.74, 6) is 2.73. The fourth-order valence-electron chi connectivity index (χ4n) is 1.30. The van der Waals surface area contributed by atoms with E-state index in [1.807, 2.05) is 19.0 Å². The van der Waals surface area contributed by atoms with Crippen LogP contribution in [0.4, 0.5) is 11.5 Å².